The fraction of sp³-hybridized carbons (Fsp3) is 0.167. The number of carbonyl (C=O) groups excluding carboxylic acids is 2. The number of hydrogen-bond donors (Lipinski definition) is 2. The van der Waals surface area contributed by atoms with Crippen LogP contribution in [0.1, 0.15) is 18.2 Å². The van der Waals surface area contributed by atoms with Crippen molar-refractivity contribution >= 4 is 45.9 Å². The number of aromatic nitrogens is 1. The molecule has 0 aliphatic carbocycles. The van der Waals surface area contributed by atoms with Crippen LogP contribution < -0.4 is 10.6 Å². The number of anilines is 2. The van der Waals surface area contributed by atoms with Crippen LogP contribution in [0, 0.1) is 6.92 Å². The van der Waals surface area contributed by atoms with Crippen molar-refractivity contribution in [3.8, 4) is 10.6 Å². The number of carbonyl (C=O) groups is 2. The largest absolute Gasteiger partial charge is 0.326 e. The zero-order valence-electron chi connectivity index (χ0n) is 13.8. The van der Waals surface area contributed by atoms with Crippen LogP contribution in [-0.2, 0) is 16.0 Å². The molecular formula is C18H17N3O2S2. The molecular weight excluding hydrogens is 354 g/mol. The van der Waals surface area contributed by atoms with Gasteiger partial charge in [-0.3, -0.25) is 9.59 Å². The molecule has 3 rings (SSSR count). The lowest BCUT2D eigenvalue weighted by Crippen LogP contribution is -2.16. The maximum absolute atomic E-state index is 12.3. The van der Waals surface area contributed by atoms with Crippen molar-refractivity contribution in [3.63, 3.8) is 0 Å². The summed E-state index contributed by atoms with van der Waals surface area (Å²) in [5, 5.41) is 12.5. The van der Waals surface area contributed by atoms with Crippen molar-refractivity contribution in [1.29, 1.82) is 0 Å². The Balaban J connectivity index is 1.67. The zero-order valence-corrected chi connectivity index (χ0v) is 15.5. The lowest BCUT2D eigenvalue weighted by atomic mass is 10.1. The summed E-state index contributed by atoms with van der Waals surface area (Å²) in [6.07, 6.45) is 0.213. The van der Waals surface area contributed by atoms with Gasteiger partial charge in [-0.2, -0.15) is 11.3 Å². The maximum atomic E-state index is 12.3. The summed E-state index contributed by atoms with van der Waals surface area (Å²) in [6.45, 7) is 3.36. The molecule has 1 aromatic carbocycles. The minimum absolute atomic E-state index is 0.134. The Hall–Kier alpha value is -2.51. The number of thiazole rings is 1. The summed E-state index contributed by atoms with van der Waals surface area (Å²) in [7, 11) is 0. The average Bonchev–Trinajstić information content (AvgIpc) is 3.21. The smallest absolute Gasteiger partial charge is 0.230 e. The van der Waals surface area contributed by atoms with Crippen molar-refractivity contribution in [2.45, 2.75) is 20.3 Å². The highest BCUT2D eigenvalue weighted by Crippen LogP contribution is 2.26. The summed E-state index contributed by atoms with van der Waals surface area (Å²) >= 11 is 3.16. The third-order valence-corrected chi connectivity index (χ3v) is 5.12. The summed E-state index contributed by atoms with van der Waals surface area (Å²) in [5.74, 6) is -0.283. The number of thiophene rings is 1. The predicted molar refractivity (Wildman–Crippen MR) is 103 cm³/mol. The van der Waals surface area contributed by atoms with E-state index in [9.17, 15) is 9.59 Å². The standard InChI is InChI=1S/C18H17N3O2S2/c1-11-3-4-14(19-12(2)22)7-16(11)21-17(23)8-15-10-25-18(20-15)13-5-6-24-9-13/h3-7,9-10H,8H2,1-2H3,(H,19,22)(H,21,23). The minimum Gasteiger partial charge on any atom is -0.326 e. The topological polar surface area (TPSA) is 71.1 Å². The van der Waals surface area contributed by atoms with Gasteiger partial charge in [-0.05, 0) is 36.1 Å². The Morgan fingerprint density at radius 1 is 1.16 bits per heavy atom. The van der Waals surface area contributed by atoms with E-state index in [1.807, 2.05) is 35.2 Å². The normalized spacial score (nSPS) is 10.5. The summed E-state index contributed by atoms with van der Waals surface area (Å²) in [6, 6.07) is 7.44. The SMILES string of the molecule is CC(=O)Nc1ccc(C)c(NC(=O)Cc2csc(-c3ccsc3)n2)c1. The van der Waals surface area contributed by atoms with E-state index in [0.717, 1.165) is 21.8 Å². The van der Waals surface area contributed by atoms with Gasteiger partial charge in [-0.25, -0.2) is 4.98 Å². The predicted octanol–water partition coefficient (Wildman–Crippen LogP) is 4.32. The fourth-order valence-corrected chi connectivity index (χ4v) is 3.84. The summed E-state index contributed by atoms with van der Waals surface area (Å²) < 4.78 is 0. The molecule has 0 bridgehead atoms. The van der Waals surface area contributed by atoms with Gasteiger partial charge in [0, 0.05) is 34.6 Å². The van der Waals surface area contributed by atoms with E-state index in [-0.39, 0.29) is 18.2 Å². The molecule has 3 aromatic rings. The van der Waals surface area contributed by atoms with E-state index in [2.05, 4.69) is 15.6 Å². The highest BCUT2D eigenvalue weighted by molar-refractivity contribution is 7.14. The van der Waals surface area contributed by atoms with Gasteiger partial charge in [0.2, 0.25) is 11.8 Å². The van der Waals surface area contributed by atoms with Crippen LogP contribution in [0.5, 0.6) is 0 Å². The molecule has 0 saturated heterocycles. The molecule has 0 spiro atoms. The Labute approximate surface area is 153 Å². The molecule has 0 saturated carbocycles. The second-order valence-electron chi connectivity index (χ2n) is 5.59. The van der Waals surface area contributed by atoms with Gasteiger partial charge in [-0.1, -0.05) is 6.07 Å². The van der Waals surface area contributed by atoms with Crippen LogP contribution in [0.4, 0.5) is 11.4 Å². The molecule has 2 N–H and O–H groups in total. The van der Waals surface area contributed by atoms with Crippen molar-refractivity contribution in [2.24, 2.45) is 0 Å². The molecule has 5 nitrogen and oxygen atoms in total. The highest BCUT2D eigenvalue weighted by atomic mass is 32.1. The zero-order chi connectivity index (χ0) is 17.8. The Bertz CT molecular complexity index is 901. The molecule has 0 fully saturated rings. The van der Waals surface area contributed by atoms with E-state index in [4.69, 9.17) is 0 Å². The molecule has 0 aliphatic heterocycles. The second-order valence-corrected chi connectivity index (χ2v) is 7.23. The first-order chi connectivity index (χ1) is 12.0. The number of nitrogens with zero attached hydrogens (tertiary/aromatic N) is 1. The van der Waals surface area contributed by atoms with Crippen molar-refractivity contribution in [1.82, 2.24) is 4.98 Å². The van der Waals surface area contributed by atoms with E-state index in [1.54, 1.807) is 23.5 Å². The van der Waals surface area contributed by atoms with Crippen LogP contribution in [0.2, 0.25) is 0 Å². The first-order valence-electron chi connectivity index (χ1n) is 7.66. The number of benzene rings is 1. The van der Waals surface area contributed by atoms with Gasteiger partial charge in [0.15, 0.2) is 0 Å². The monoisotopic (exact) mass is 371 g/mol. The molecule has 2 amide bonds. The molecule has 7 heteroatoms. The van der Waals surface area contributed by atoms with Crippen LogP contribution in [0.3, 0.4) is 0 Å². The van der Waals surface area contributed by atoms with Crippen molar-refractivity contribution in [2.75, 3.05) is 10.6 Å². The third-order valence-electron chi connectivity index (χ3n) is 3.49. The molecule has 25 heavy (non-hydrogen) atoms. The molecule has 0 radical (unpaired) electrons. The van der Waals surface area contributed by atoms with Gasteiger partial charge in [0.25, 0.3) is 0 Å². The lowest BCUT2D eigenvalue weighted by Gasteiger charge is -2.10. The Kier molecular flexibility index (Phi) is 5.25. The minimum atomic E-state index is -0.149. The molecule has 2 heterocycles. The van der Waals surface area contributed by atoms with Crippen molar-refractivity contribution < 1.29 is 9.59 Å². The molecule has 0 atom stereocenters. The first-order valence-corrected chi connectivity index (χ1v) is 9.48. The number of hydrogen-bond acceptors (Lipinski definition) is 5. The van der Waals surface area contributed by atoms with Gasteiger partial charge < -0.3 is 10.6 Å². The maximum Gasteiger partial charge on any atom is 0.230 e. The third kappa shape index (κ3) is 4.52. The average molecular weight is 371 g/mol. The molecule has 128 valence electrons. The molecule has 2 aromatic heterocycles. The highest BCUT2D eigenvalue weighted by Gasteiger charge is 2.11. The van der Waals surface area contributed by atoms with Gasteiger partial charge in [0.05, 0.1) is 12.1 Å². The van der Waals surface area contributed by atoms with E-state index in [0.29, 0.717) is 11.4 Å². The quantitative estimate of drug-likeness (QED) is 0.702. The van der Waals surface area contributed by atoms with Gasteiger partial charge in [-0.15, -0.1) is 11.3 Å². The number of rotatable bonds is 5. The van der Waals surface area contributed by atoms with Crippen LogP contribution >= 0.6 is 22.7 Å². The van der Waals surface area contributed by atoms with Crippen molar-refractivity contribution in [3.05, 3.63) is 51.7 Å². The number of amides is 2. The molecule has 0 unspecified atom stereocenters. The Morgan fingerprint density at radius 2 is 2.00 bits per heavy atom. The second kappa shape index (κ2) is 7.58. The van der Waals surface area contributed by atoms with Crippen LogP contribution in [-0.4, -0.2) is 16.8 Å². The first kappa shape index (κ1) is 17.3. The number of nitrogens with one attached hydrogen (secondary N) is 2. The summed E-state index contributed by atoms with van der Waals surface area (Å²) in [4.78, 5) is 28.0. The van der Waals surface area contributed by atoms with E-state index >= 15 is 0 Å². The van der Waals surface area contributed by atoms with E-state index in [1.165, 1.54) is 18.3 Å². The van der Waals surface area contributed by atoms with Gasteiger partial charge >= 0.3 is 0 Å². The summed E-state index contributed by atoms with van der Waals surface area (Å²) in [5.41, 5.74) is 4.10. The van der Waals surface area contributed by atoms with Crippen LogP contribution in [0.15, 0.2) is 40.4 Å². The lowest BCUT2D eigenvalue weighted by molar-refractivity contribution is -0.116. The fourth-order valence-electron chi connectivity index (χ4n) is 2.30. The molecule has 0 aliphatic rings. The van der Waals surface area contributed by atoms with Crippen LogP contribution in [0.25, 0.3) is 10.6 Å². The van der Waals surface area contributed by atoms with Gasteiger partial charge in [0.1, 0.15) is 5.01 Å². The number of aryl methyl sites for hydroxylation is 1. The Morgan fingerprint density at radius 3 is 2.72 bits per heavy atom. The van der Waals surface area contributed by atoms with E-state index < -0.39 is 0 Å².